The lowest BCUT2D eigenvalue weighted by Gasteiger charge is -2.32. The van der Waals surface area contributed by atoms with E-state index in [9.17, 15) is 0 Å². The van der Waals surface area contributed by atoms with Gasteiger partial charge in [-0.25, -0.2) is 0 Å². The SMILES string of the molecule is CSC1(C#N)CCC1. The number of rotatable bonds is 1. The smallest absolute Gasteiger partial charge is 0.102 e. The van der Waals surface area contributed by atoms with E-state index in [2.05, 4.69) is 6.07 Å². The Morgan fingerprint density at radius 2 is 2.25 bits per heavy atom. The van der Waals surface area contributed by atoms with Gasteiger partial charge in [-0.15, -0.1) is 11.8 Å². The van der Waals surface area contributed by atoms with Crippen molar-refractivity contribution in [2.24, 2.45) is 0 Å². The number of hydrogen-bond acceptors (Lipinski definition) is 2. The first-order chi connectivity index (χ1) is 3.83. The van der Waals surface area contributed by atoms with Crippen LogP contribution in [0.1, 0.15) is 19.3 Å². The van der Waals surface area contributed by atoms with Crippen molar-refractivity contribution in [3.8, 4) is 6.07 Å². The van der Waals surface area contributed by atoms with Crippen molar-refractivity contribution in [2.75, 3.05) is 6.26 Å². The monoisotopic (exact) mass is 127 g/mol. The fourth-order valence-electron chi connectivity index (χ4n) is 0.859. The van der Waals surface area contributed by atoms with Crippen LogP contribution in [0.5, 0.6) is 0 Å². The minimum atomic E-state index is 0.0278. The van der Waals surface area contributed by atoms with Crippen LogP contribution in [0.3, 0.4) is 0 Å². The molecule has 0 amide bonds. The minimum absolute atomic E-state index is 0.0278. The molecular weight excluding hydrogens is 118 g/mol. The van der Waals surface area contributed by atoms with Crippen molar-refractivity contribution in [1.29, 1.82) is 5.26 Å². The van der Waals surface area contributed by atoms with Crippen LogP contribution in [0.25, 0.3) is 0 Å². The Hall–Kier alpha value is -0.160. The molecule has 2 heteroatoms. The zero-order chi connectivity index (χ0) is 6.04. The maximum atomic E-state index is 8.57. The Bertz CT molecular complexity index is 115. The zero-order valence-electron chi connectivity index (χ0n) is 4.98. The first-order valence-electron chi connectivity index (χ1n) is 2.79. The van der Waals surface area contributed by atoms with Gasteiger partial charge in [-0.3, -0.25) is 0 Å². The summed E-state index contributed by atoms with van der Waals surface area (Å²) in [5, 5.41) is 8.57. The average molecular weight is 127 g/mol. The Labute approximate surface area is 54.1 Å². The van der Waals surface area contributed by atoms with Gasteiger partial charge in [-0.05, 0) is 25.5 Å². The average Bonchev–Trinajstić information content (AvgIpc) is 1.67. The molecule has 0 heterocycles. The quantitative estimate of drug-likeness (QED) is 0.536. The molecule has 1 fully saturated rings. The lowest BCUT2D eigenvalue weighted by molar-refractivity contribution is 0.441. The van der Waals surface area contributed by atoms with E-state index in [-0.39, 0.29) is 4.75 Å². The molecule has 0 aromatic carbocycles. The Balaban J connectivity index is 2.49. The first kappa shape index (κ1) is 5.97. The highest BCUT2D eigenvalue weighted by molar-refractivity contribution is 8.00. The van der Waals surface area contributed by atoms with E-state index in [4.69, 9.17) is 5.26 Å². The molecular formula is C6H9NS. The van der Waals surface area contributed by atoms with E-state index in [0.717, 1.165) is 12.8 Å². The molecule has 0 unspecified atom stereocenters. The fourth-order valence-corrected chi connectivity index (χ4v) is 1.65. The lowest BCUT2D eigenvalue weighted by atomic mass is 9.86. The van der Waals surface area contributed by atoms with Crippen LogP contribution in [-0.2, 0) is 0 Å². The lowest BCUT2D eigenvalue weighted by Crippen LogP contribution is -2.30. The van der Waals surface area contributed by atoms with Crippen molar-refractivity contribution in [3.05, 3.63) is 0 Å². The third kappa shape index (κ3) is 0.714. The highest BCUT2D eigenvalue weighted by Gasteiger charge is 2.35. The molecule has 0 saturated heterocycles. The maximum Gasteiger partial charge on any atom is 0.102 e. The van der Waals surface area contributed by atoms with Gasteiger partial charge in [0.2, 0.25) is 0 Å². The van der Waals surface area contributed by atoms with Crippen LogP contribution in [0.15, 0.2) is 0 Å². The summed E-state index contributed by atoms with van der Waals surface area (Å²) < 4.78 is 0.0278. The van der Waals surface area contributed by atoms with Gasteiger partial charge in [0.25, 0.3) is 0 Å². The van der Waals surface area contributed by atoms with Crippen molar-refractivity contribution >= 4 is 11.8 Å². The molecule has 0 bridgehead atoms. The molecule has 0 aromatic heterocycles. The summed E-state index contributed by atoms with van der Waals surface area (Å²) in [6.07, 6.45) is 5.46. The molecule has 1 nitrogen and oxygen atoms in total. The summed E-state index contributed by atoms with van der Waals surface area (Å²) in [5.41, 5.74) is 0. The topological polar surface area (TPSA) is 23.8 Å². The van der Waals surface area contributed by atoms with Gasteiger partial charge in [0.15, 0.2) is 0 Å². The predicted molar refractivity (Wildman–Crippen MR) is 35.7 cm³/mol. The second-order valence-electron chi connectivity index (χ2n) is 2.16. The highest BCUT2D eigenvalue weighted by atomic mass is 32.2. The Kier molecular flexibility index (Phi) is 1.48. The third-order valence-corrected chi connectivity index (χ3v) is 3.04. The molecule has 0 aromatic rings. The molecule has 1 aliphatic carbocycles. The molecule has 1 aliphatic rings. The number of nitriles is 1. The molecule has 0 N–H and O–H groups in total. The molecule has 0 atom stereocenters. The summed E-state index contributed by atoms with van der Waals surface area (Å²) in [7, 11) is 0. The van der Waals surface area contributed by atoms with Gasteiger partial charge in [0.1, 0.15) is 4.75 Å². The Morgan fingerprint density at radius 3 is 2.25 bits per heavy atom. The largest absolute Gasteiger partial charge is 0.197 e. The van der Waals surface area contributed by atoms with Gasteiger partial charge in [0.05, 0.1) is 6.07 Å². The zero-order valence-corrected chi connectivity index (χ0v) is 5.79. The first-order valence-corrected chi connectivity index (χ1v) is 4.02. The van der Waals surface area contributed by atoms with E-state index >= 15 is 0 Å². The van der Waals surface area contributed by atoms with Gasteiger partial charge >= 0.3 is 0 Å². The summed E-state index contributed by atoms with van der Waals surface area (Å²) in [5.74, 6) is 0. The van der Waals surface area contributed by atoms with Crippen molar-refractivity contribution < 1.29 is 0 Å². The second-order valence-corrected chi connectivity index (χ2v) is 3.35. The number of nitrogens with zero attached hydrogens (tertiary/aromatic N) is 1. The number of thioether (sulfide) groups is 1. The van der Waals surface area contributed by atoms with Crippen molar-refractivity contribution in [2.45, 2.75) is 24.0 Å². The van der Waals surface area contributed by atoms with Crippen LogP contribution in [0, 0.1) is 11.3 Å². The van der Waals surface area contributed by atoms with Gasteiger partial charge in [0, 0.05) is 0 Å². The summed E-state index contributed by atoms with van der Waals surface area (Å²) in [6.45, 7) is 0. The third-order valence-electron chi connectivity index (χ3n) is 1.76. The van der Waals surface area contributed by atoms with Gasteiger partial charge in [-0.1, -0.05) is 0 Å². The summed E-state index contributed by atoms with van der Waals surface area (Å²) >= 11 is 1.70. The van der Waals surface area contributed by atoms with E-state index < -0.39 is 0 Å². The molecule has 44 valence electrons. The van der Waals surface area contributed by atoms with E-state index in [1.54, 1.807) is 11.8 Å². The molecule has 1 saturated carbocycles. The molecule has 1 rings (SSSR count). The van der Waals surface area contributed by atoms with Crippen LogP contribution in [0.4, 0.5) is 0 Å². The Morgan fingerprint density at radius 1 is 1.62 bits per heavy atom. The predicted octanol–water partition coefficient (Wildman–Crippen LogP) is 1.80. The summed E-state index contributed by atoms with van der Waals surface area (Å²) in [6, 6.07) is 2.33. The van der Waals surface area contributed by atoms with Crippen molar-refractivity contribution in [3.63, 3.8) is 0 Å². The van der Waals surface area contributed by atoms with Crippen LogP contribution in [0.2, 0.25) is 0 Å². The molecule has 0 radical (unpaired) electrons. The van der Waals surface area contributed by atoms with Crippen LogP contribution in [-0.4, -0.2) is 11.0 Å². The van der Waals surface area contributed by atoms with Crippen LogP contribution < -0.4 is 0 Å². The fraction of sp³-hybridized carbons (Fsp3) is 0.833. The van der Waals surface area contributed by atoms with Gasteiger partial charge < -0.3 is 0 Å². The number of hydrogen-bond donors (Lipinski definition) is 0. The highest BCUT2D eigenvalue weighted by Crippen LogP contribution is 2.41. The van der Waals surface area contributed by atoms with E-state index in [1.807, 2.05) is 6.26 Å². The summed E-state index contributed by atoms with van der Waals surface area (Å²) in [4.78, 5) is 0. The molecule has 0 aliphatic heterocycles. The van der Waals surface area contributed by atoms with Gasteiger partial charge in [-0.2, -0.15) is 5.26 Å². The minimum Gasteiger partial charge on any atom is -0.197 e. The molecule has 8 heavy (non-hydrogen) atoms. The normalized spacial score (nSPS) is 23.5. The van der Waals surface area contributed by atoms with E-state index in [0.29, 0.717) is 0 Å². The second kappa shape index (κ2) is 1.99. The maximum absolute atomic E-state index is 8.57. The van der Waals surface area contributed by atoms with E-state index in [1.165, 1.54) is 6.42 Å². The van der Waals surface area contributed by atoms with Crippen LogP contribution >= 0.6 is 11.8 Å². The standard InChI is InChI=1S/C6H9NS/c1-8-6(5-7)3-2-4-6/h2-4H2,1H3. The molecule has 0 spiro atoms. The van der Waals surface area contributed by atoms with Crippen molar-refractivity contribution in [1.82, 2.24) is 0 Å².